The Kier molecular flexibility index (Phi) is 3.46. The number of hydrogen-bond acceptors (Lipinski definition) is 2. The van der Waals surface area contributed by atoms with Crippen LogP contribution >= 0.6 is 0 Å². The Bertz CT molecular complexity index is 817. The van der Waals surface area contributed by atoms with Crippen molar-refractivity contribution < 1.29 is 0 Å². The molecule has 7 rings (SSSR count). The minimum absolute atomic E-state index is 0.275. The lowest BCUT2D eigenvalue weighted by Gasteiger charge is -2.65. The number of hydrogen-bond donors (Lipinski definition) is 0. The van der Waals surface area contributed by atoms with E-state index in [1.54, 1.807) is 19.3 Å². The first-order valence-electron chi connectivity index (χ1n) is 11.8. The van der Waals surface area contributed by atoms with Crippen LogP contribution in [-0.2, 0) is 6.54 Å². The van der Waals surface area contributed by atoms with Crippen molar-refractivity contribution >= 4 is 6.21 Å². The van der Waals surface area contributed by atoms with Gasteiger partial charge in [0.15, 0.2) is 0 Å². The summed E-state index contributed by atoms with van der Waals surface area (Å²) in [5, 5.41) is 0. The molecule has 28 heavy (non-hydrogen) atoms. The maximum atomic E-state index is 4.94. The fourth-order valence-electron chi connectivity index (χ4n) is 9.66. The number of aliphatic imine (C=N–C) groups is 1. The zero-order valence-electron chi connectivity index (χ0n) is 18.0. The highest BCUT2D eigenvalue weighted by Gasteiger charge is 2.78. The van der Waals surface area contributed by atoms with Crippen LogP contribution in [0.3, 0.4) is 0 Å². The Labute approximate surface area is 170 Å². The van der Waals surface area contributed by atoms with Gasteiger partial charge in [0.2, 0.25) is 0 Å². The maximum Gasteiger partial charge on any atom is 0.0808 e. The van der Waals surface area contributed by atoms with E-state index >= 15 is 0 Å². The van der Waals surface area contributed by atoms with E-state index in [0.29, 0.717) is 10.8 Å². The highest BCUT2D eigenvalue weighted by atomic mass is 14.8. The highest BCUT2D eigenvalue weighted by molar-refractivity contribution is 5.66. The first-order valence-corrected chi connectivity index (χ1v) is 11.8. The molecule has 1 aromatic heterocycles. The van der Waals surface area contributed by atoms with Crippen molar-refractivity contribution in [1.29, 1.82) is 0 Å². The van der Waals surface area contributed by atoms with Gasteiger partial charge in [0.25, 0.3) is 0 Å². The van der Waals surface area contributed by atoms with Gasteiger partial charge in [-0.3, -0.25) is 9.98 Å². The number of aromatic nitrogens is 1. The fourth-order valence-corrected chi connectivity index (χ4v) is 9.66. The van der Waals surface area contributed by atoms with Crippen LogP contribution in [0.2, 0.25) is 0 Å². The number of pyridine rings is 1. The predicted molar refractivity (Wildman–Crippen MR) is 114 cm³/mol. The van der Waals surface area contributed by atoms with Crippen molar-refractivity contribution in [3.8, 4) is 0 Å². The van der Waals surface area contributed by atoms with E-state index in [2.05, 4.69) is 44.1 Å². The van der Waals surface area contributed by atoms with E-state index in [1.807, 2.05) is 12.3 Å². The predicted octanol–water partition coefficient (Wildman–Crippen LogP) is 6.31. The Morgan fingerprint density at radius 1 is 1.07 bits per heavy atom. The first-order chi connectivity index (χ1) is 13.4. The SMILES string of the molecule is C[C@@]12CCC[C@@](C)(C=NCc3ccccn3)[C@H]1CC[C@@]13CC4[C@@H](C[C@H]12)[C@@]4(C)C3. The van der Waals surface area contributed by atoms with Crippen LogP contribution in [0.25, 0.3) is 0 Å². The Balaban J connectivity index is 1.27. The van der Waals surface area contributed by atoms with E-state index in [1.165, 1.54) is 32.1 Å². The van der Waals surface area contributed by atoms with Gasteiger partial charge in [-0.25, -0.2) is 0 Å². The Morgan fingerprint density at radius 3 is 2.71 bits per heavy atom. The summed E-state index contributed by atoms with van der Waals surface area (Å²) in [5.74, 6) is 3.97. The van der Waals surface area contributed by atoms with E-state index < -0.39 is 0 Å². The molecule has 0 aromatic carbocycles. The molecule has 0 saturated heterocycles. The minimum atomic E-state index is 0.275. The van der Waals surface area contributed by atoms with Gasteiger partial charge in [-0.1, -0.05) is 33.3 Å². The van der Waals surface area contributed by atoms with Crippen LogP contribution in [-0.4, -0.2) is 11.2 Å². The standard InChI is InChI=1S/C26H36N2/c1-23(17-27-15-18-7-4-5-12-28-18)9-6-10-24(2)21(23)8-11-26-14-20-19(13-22(24)26)25(20,3)16-26/h4-5,7,12,17,19-22H,6,8-11,13-16H2,1-3H3/t19-,20?,21-,22+,23+,24-,25-,26+/m1/s1. The van der Waals surface area contributed by atoms with Crippen LogP contribution in [0.5, 0.6) is 0 Å². The molecule has 1 aromatic rings. The molecular formula is C26H36N2. The molecule has 1 heterocycles. The van der Waals surface area contributed by atoms with Crippen LogP contribution in [0, 0.1) is 45.3 Å². The molecule has 6 aliphatic rings. The molecule has 0 radical (unpaired) electrons. The summed E-state index contributed by atoms with van der Waals surface area (Å²) in [7, 11) is 0. The van der Waals surface area contributed by atoms with E-state index in [9.17, 15) is 0 Å². The van der Waals surface area contributed by atoms with Crippen molar-refractivity contribution in [1.82, 2.24) is 4.98 Å². The molecule has 2 nitrogen and oxygen atoms in total. The fraction of sp³-hybridized carbons (Fsp3) is 0.769. The van der Waals surface area contributed by atoms with Crippen molar-refractivity contribution in [3.05, 3.63) is 30.1 Å². The second kappa shape index (κ2) is 5.49. The molecule has 150 valence electrons. The maximum absolute atomic E-state index is 4.94. The topological polar surface area (TPSA) is 25.2 Å². The number of fused-ring (bicyclic) bond motifs is 1. The molecule has 1 unspecified atom stereocenters. The van der Waals surface area contributed by atoms with Gasteiger partial charge in [-0.2, -0.15) is 0 Å². The molecule has 6 aliphatic carbocycles. The summed E-state index contributed by atoms with van der Waals surface area (Å²) < 4.78 is 0. The average Bonchev–Trinajstić information content (AvgIpc) is 3.12. The molecule has 1 spiro atoms. The zero-order chi connectivity index (χ0) is 19.2. The van der Waals surface area contributed by atoms with Crippen molar-refractivity contribution in [2.75, 3.05) is 0 Å². The summed E-state index contributed by atoms with van der Waals surface area (Å²) in [6, 6.07) is 6.15. The van der Waals surface area contributed by atoms with Gasteiger partial charge >= 0.3 is 0 Å². The van der Waals surface area contributed by atoms with Gasteiger partial charge in [0.1, 0.15) is 0 Å². The third kappa shape index (κ3) is 2.16. The molecule has 6 saturated carbocycles. The third-order valence-corrected chi connectivity index (χ3v) is 10.8. The van der Waals surface area contributed by atoms with E-state index in [-0.39, 0.29) is 5.41 Å². The zero-order valence-corrected chi connectivity index (χ0v) is 18.0. The van der Waals surface area contributed by atoms with Crippen molar-refractivity contribution in [2.24, 2.45) is 50.3 Å². The summed E-state index contributed by atoms with van der Waals surface area (Å²) >= 11 is 0. The van der Waals surface area contributed by atoms with E-state index in [0.717, 1.165) is 41.3 Å². The largest absolute Gasteiger partial charge is 0.291 e. The number of nitrogens with zero attached hydrogens (tertiary/aromatic N) is 2. The molecule has 6 fully saturated rings. The minimum Gasteiger partial charge on any atom is -0.291 e. The lowest BCUT2D eigenvalue weighted by Crippen LogP contribution is -2.58. The van der Waals surface area contributed by atoms with Crippen LogP contribution in [0.1, 0.15) is 77.8 Å². The summed E-state index contributed by atoms with van der Waals surface area (Å²) in [6.07, 6.45) is 16.0. The van der Waals surface area contributed by atoms with Gasteiger partial charge in [-0.15, -0.1) is 0 Å². The smallest absolute Gasteiger partial charge is 0.0808 e. The molecule has 2 heteroatoms. The highest BCUT2D eigenvalue weighted by Crippen LogP contribution is 2.85. The molecule has 0 aliphatic heterocycles. The second-order valence-corrected chi connectivity index (χ2v) is 12.0. The van der Waals surface area contributed by atoms with Crippen LogP contribution in [0.4, 0.5) is 0 Å². The van der Waals surface area contributed by atoms with E-state index in [4.69, 9.17) is 4.99 Å². The molecular weight excluding hydrogens is 340 g/mol. The first kappa shape index (κ1) is 17.7. The summed E-state index contributed by atoms with van der Waals surface area (Å²) in [4.78, 5) is 9.39. The van der Waals surface area contributed by atoms with Gasteiger partial charge in [0.05, 0.1) is 12.2 Å². The third-order valence-electron chi connectivity index (χ3n) is 10.8. The lowest BCUT2D eigenvalue weighted by molar-refractivity contribution is -0.148. The molecule has 0 N–H and O–H groups in total. The van der Waals surface area contributed by atoms with Gasteiger partial charge in [0, 0.05) is 17.8 Å². The molecule has 8 atom stereocenters. The van der Waals surface area contributed by atoms with Crippen LogP contribution < -0.4 is 0 Å². The molecule has 0 amide bonds. The van der Waals surface area contributed by atoms with Gasteiger partial charge in [-0.05, 0) is 97.0 Å². The normalized spacial score (nSPS) is 53.7. The quantitative estimate of drug-likeness (QED) is 0.567. The molecule has 4 bridgehead atoms. The summed E-state index contributed by atoms with van der Waals surface area (Å²) in [6.45, 7) is 8.58. The summed E-state index contributed by atoms with van der Waals surface area (Å²) in [5.41, 5.74) is 3.36. The van der Waals surface area contributed by atoms with Crippen molar-refractivity contribution in [2.45, 2.75) is 78.7 Å². The lowest BCUT2D eigenvalue weighted by atomic mass is 9.39. The van der Waals surface area contributed by atoms with Gasteiger partial charge < -0.3 is 0 Å². The van der Waals surface area contributed by atoms with Crippen LogP contribution in [0.15, 0.2) is 29.4 Å². The Hall–Kier alpha value is -1.18. The van der Waals surface area contributed by atoms with Crippen molar-refractivity contribution in [3.63, 3.8) is 0 Å². The average molecular weight is 377 g/mol. The second-order valence-electron chi connectivity index (χ2n) is 12.0. The number of rotatable bonds is 3. The monoisotopic (exact) mass is 376 g/mol. The Morgan fingerprint density at radius 2 is 1.96 bits per heavy atom.